The van der Waals surface area contributed by atoms with Gasteiger partial charge in [0.25, 0.3) is 0 Å². The van der Waals surface area contributed by atoms with Crippen molar-refractivity contribution in [2.24, 2.45) is 5.73 Å². The molecule has 0 fully saturated rings. The standard InChI is InChI=1S/C10H19N3O/c1-3-7-13-9(5-4-6-11)10(14-2)8-12-13/h8H,3-7,11H2,1-2H3. The minimum absolute atomic E-state index is 0.709. The molecule has 1 aromatic rings. The lowest BCUT2D eigenvalue weighted by atomic mass is 10.2. The molecule has 0 aromatic carbocycles. The Morgan fingerprint density at radius 1 is 1.57 bits per heavy atom. The molecule has 4 heteroatoms. The predicted molar refractivity (Wildman–Crippen MR) is 56.4 cm³/mol. The smallest absolute Gasteiger partial charge is 0.159 e. The van der Waals surface area contributed by atoms with E-state index in [4.69, 9.17) is 10.5 Å². The molecular weight excluding hydrogens is 178 g/mol. The van der Waals surface area contributed by atoms with Gasteiger partial charge < -0.3 is 10.5 Å². The number of aromatic nitrogens is 2. The van der Waals surface area contributed by atoms with Gasteiger partial charge in [-0.25, -0.2) is 0 Å². The first-order chi connectivity index (χ1) is 6.83. The summed E-state index contributed by atoms with van der Waals surface area (Å²) >= 11 is 0. The van der Waals surface area contributed by atoms with Gasteiger partial charge in [-0.05, 0) is 25.8 Å². The van der Waals surface area contributed by atoms with E-state index < -0.39 is 0 Å². The number of rotatable bonds is 6. The van der Waals surface area contributed by atoms with Crippen molar-refractivity contribution in [3.05, 3.63) is 11.9 Å². The third-order valence-corrected chi connectivity index (χ3v) is 2.18. The Balaban J connectivity index is 2.76. The van der Waals surface area contributed by atoms with E-state index in [1.165, 1.54) is 5.69 Å². The third-order valence-electron chi connectivity index (χ3n) is 2.18. The number of aryl methyl sites for hydroxylation is 1. The lowest BCUT2D eigenvalue weighted by Crippen LogP contribution is -2.08. The quantitative estimate of drug-likeness (QED) is 0.745. The van der Waals surface area contributed by atoms with Crippen molar-refractivity contribution in [1.29, 1.82) is 0 Å². The molecule has 0 aliphatic rings. The summed E-state index contributed by atoms with van der Waals surface area (Å²) in [7, 11) is 1.68. The Kier molecular flexibility index (Phi) is 4.46. The zero-order chi connectivity index (χ0) is 10.4. The summed E-state index contributed by atoms with van der Waals surface area (Å²) in [6.07, 6.45) is 4.79. The first kappa shape index (κ1) is 11.0. The van der Waals surface area contributed by atoms with E-state index in [1.54, 1.807) is 13.3 Å². The Hall–Kier alpha value is -1.03. The van der Waals surface area contributed by atoms with E-state index in [0.29, 0.717) is 6.54 Å². The molecule has 1 aromatic heterocycles. The fourth-order valence-corrected chi connectivity index (χ4v) is 1.49. The van der Waals surface area contributed by atoms with Crippen molar-refractivity contribution in [2.75, 3.05) is 13.7 Å². The van der Waals surface area contributed by atoms with Crippen LogP contribution in [0.4, 0.5) is 0 Å². The zero-order valence-electron chi connectivity index (χ0n) is 8.99. The molecule has 0 spiro atoms. The van der Waals surface area contributed by atoms with Crippen LogP contribution in [-0.4, -0.2) is 23.4 Å². The van der Waals surface area contributed by atoms with Crippen LogP contribution in [0.25, 0.3) is 0 Å². The monoisotopic (exact) mass is 197 g/mol. The van der Waals surface area contributed by atoms with Crippen molar-refractivity contribution in [2.45, 2.75) is 32.7 Å². The van der Waals surface area contributed by atoms with Crippen LogP contribution in [0.1, 0.15) is 25.5 Å². The van der Waals surface area contributed by atoms with Gasteiger partial charge in [-0.1, -0.05) is 6.92 Å². The zero-order valence-corrected chi connectivity index (χ0v) is 8.99. The average molecular weight is 197 g/mol. The molecule has 0 radical (unpaired) electrons. The summed E-state index contributed by atoms with van der Waals surface area (Å²) in [5.74, 6) is 0.881. The first-order valence-electron chi connectivity index (χ1n) is 5.12. The molecule has 2 N–H and O–H groups in total. The van der Waals surface area contributed by atoms with Gasteiger partial charge >= 0.3 is 0 Å². The summed E-state index contributed by atoms with van der Waals surface area (Å²) in [5.41, 5.74) is 6.66. The minimum atomic E-state index is 0.709. The normalized spacial score (nSPS) is 10.5. The molecule has 80 valence electrons. The molecule has 0 aliphatic heterocycles. The number of hydrogen-bond acceptors (Lipinski definition) is 3. The van der Waals surface area contributed by atoms with Gasteiger partial charge in [-0.2, -0.15) is 5.10 Å². The summed E-state index contributed by atoms with van der Waals surface area (Å²) in [6, 6.07) is 0. The summed E-state index contributed by atoms with van der Waals surface area (Å²) in [4.78, 5) is 0. The molecule has 0 aliphatic carbocycles. The lowest BCUT2D eigenvalue weighted by Gasteiger charge is -2.07. The van der Waals surface area contributed by atoms with Gasteiger partial charge in [0.2, 0.25) is 0 Å². The highest BCUT2D eigenvalue weighted by Crippen LogP contribution is 2.19. The molecule has 0 saturated carbocycles. The Morgan fingerprint density at radius 3 is 2.93 bits per heavy atom. The van der Waals surface area contributed by atoms with E-state index >= 15 is 0 Å². The number of nitrogens with two attached hydrogens (primary N) is 1. The van der Waals surface area contributed by atoms with Gasteiger partial charge in [0.05, 0.1) is 19.0 Å². The third kappa shape index (κ3) is 2.48. The molecule has 0 amide bonds. The number of ether oxygens (including phenoxy) is 1. The molecule has 1 heterocycles. The van der Waals surface area contributed by atoms with E-state index in [0.717, 1.165) is 31.6 Å². The van der Waals surface area contributed by atoms with Crippen LogP contribution in [-0.2, 0) is 13.0 Å². The lowest BCUT2D eigenvalue weighted by molar-refractivity contribution is 0.406. The van der Waals surface area contributed by atoms with Crippen LogP contribution in [0.5, 0.6) is 5.75 Å². The maximum absolute atomic E-state index is 5.49. The fourth-order valence-electron chi connectivity index (χ4n) is 1.49. The predicted octanol–water partition coefficient (Wildman–Crippen LogP) is 1.19. The van der Waals surface area contributed by atoms with Gasteiger partial charge in [0.1, 0.15) is 0 Å². The van der Waals surface area contributed by atoms with Gasteiger partial charge in [0.15, 0.2) is 5.75 Å². The molecule has 0 saturated heterocycles. The van der Waals surface area contributed by atoms with E-state index in [-0.39, 0.29) is 0 Å². The summed E-state index contributed by atoms with van der Waals surface area (Å²) in [6.45, 7) is 3.80. The van der Waals surface area contributed by atoms with E-state index in [9.17, 15) is 0 Å². The SMILES string of the molecule is CCCn1ncc(OC)c1CCCN. The van der Waals surface area contributed by atoms with E-state index in [2.05, 4.69) is 12.0 Å². The van der Waals surface area contributed by atoms with Crippen molar-refractivity contribution in [3.63, 3.8) is 0 Å². The first-order valence-corrected chi connectivity index (χ1v) is 5.12. The summed E-state index contributed by atoms with van der Waals surface area (Å²) in [5, 5.41) is 4.28. The van der Waals surface area contributed by atoms with Crippen molar-refractivity contribution in [3.8, 4) is 5.75 Å². The Bertz CT molecular complexity index is 270. The van der Waals surface area contributed by atoms with Crippen LogP contribution in [0, 0.1) is 0 Å². The van der Waals surface area contributed by atoms with Crippen molar-refractivity contribution < 1.29 is 4.74 Å². The largest absolute Gasteiger partial charge is 0.493 e. The second-order valence-corrected chi connectivity index (χ2v) is 3.28. The van der Waals surface area contributed by atoms with Crippen LogP contribution in [0.15, 0.2) is 6.20 Å². The highest BCUT2D eigenvalue weighted by molar-refractivity contribution is 5.25. The molecule has 0 unspecified atom stereocenters. The molecule has 0 atom stereocenters. The Labute approximate surface area is 85.0 Å². The number of nitrogens with zero attached hydrogens (tertiary/aromatic N) is 2. The maximum atomic E-state index is 5.49. The summed E-state index contributed by atoms with van der Waals surface area (Å²) < 4.78 is 7.25. The Morgan fingerprint density at radius 2 is 2.36 bits per heavy atom. The molecule has 4 nitrogen and oxygen atoms in total. The topological polar surface area (TPSA) is 53.1 Å². The van der Waals surface area contributed by atoms with Crippen LogP contribution in [0.2, 0.25) is 0 Å². The van der Waals surface area contributed by atoms with Crippen LogP contribution in [0.3, 0.4) is 0 Å². The van der Waals surface area contributed by atoms with E-state index in [1.807, 2.05) is 4.68 Å². The van der Waals surface area contributed by atoms with Gasteiger partial charge in [-0.15, -0.1) is 0 Å². The molecule has 1 rings (SSSR count). The minimum Gasteiger partial charge on any atom is -0.493 e. The fraction of sp³-hybridized carbons (Fsp3) is 0.700. The number of hydrogen-bond donors (Lipinski definition) is 1. The van der Waals surface area contributed by atoms with Crippen LogP contribution < -0.4 is 10.5 Å². The van der Waals surface area contributed by atoms with Crippen LogP contribution >= 0.6 is 0 Å². The van der Waals surface area contributed by atoms with Crippen molar-refractivity contribution in [1.82, 2.24) is 9.78 Å². The van der Waals surface area contributed by atoms with Crippen molar-refractivity contribution >= 4 is 0 Å². The second-order valence-electron chi connectivity index (χ2n) is 3.28. The van der Waals surface area contributed by atoms with Gasteiger partial charge in [0, 0.05) is 6.54 Å². The molecule has 14 heavy (non-hydrogen) atoms. The second kappa shape index (κ2) is 5.65. The van der Waals surface area contributed by atoms with Gasteiger partial charge in [-0.3, -0.25) is 4.68 Å². The maximum Gasteiger partial charge on any atom is 0.159 e. The average Bonchev–Trinajstić information content (AvgIpc) is 2.58. The molecule has 0 bridgehead atoms. The molecular formula is C10H19N3O. The highest BCUT2D eigenvalue weighted by Gasteiger charge is 2.09. The number of methoxy groups -OCH3 is 1. The highest BCUT2D eigenvalue weighted by atomic mass is 16.5.